The van der Waals surface area contributed by atoms with Crippen LogP contribution in [0.5, 0.6) is 5.75 Å². The van der Waals surface area contributed by atoms with Crippen molar-refractivity contribution in [3.05, 3.63) is 28.8 Å². The second-order valence-electron chi connectivity index (χ2n) is 4.78. The predicted molar refractivity (Wildman–Crippen MR) is 73.2 cm³/mol. The van der Waals surface area contributed by atoms with Crippen molar-refractivity contribution in [3.63, 3.8) is 0 Å². The molecule has 2 rings (SSSR count). The Bertz CT molecular complexity index is 464. The van der Waals surface area contributed by atoms with Crippen LogP contribution in [-0.2, 0) is 11.3 Å². The van der Waals surface area contributed by atoms with Crippen molar-refractivity contribution in [1.29, 1.82) is 0 Å². The fourth-order valence-corrected chi connectivity index (χ4v) is 2.59. The lowest BCUT2D eigenvalue weighted by molar-refractivity contribution is -0.127. The number of amides is 1. The van der Waals surface area contributed by atoms with E-state index in [2.05, 4.69) is 5.32 Å². The number of methoxy groups -OCH3 is 1. The first-order valence-electron chi connectivity index (χ1n) is 6.40. The van der Waals surface area contributed by atoms with E-state index in [0.29, 0.717) is 23.7 Å². The van der Waals surface area contributed by atoms with Crippen LogP contribution in [0, 0.1) is 5.92 Å². The summed E-state index contributed by atoms with van der Waals surface area (Å²) in [6.07, 6.45) is 1.86. The number of benzene rings is 1. The number of halogens is 1. The maximum absolute atomic E-state index is 12.0. The Kier molecular flexibility index (Phi) is 4.66. The van der Waals surface area contributed by atoms with Gasteiger partial charge in [-0.15, -0.1) is 0 Å². The van der Waals surface area contributed by atoms with Gasteiger partial charge >= 0.3 is 0 Å². The van der Waals surface area contributed by atoms with E-state index < -0.39 is 6.10 Å². The molecule has 4 nitrogen and oxygen atoms in total. The molecule has 0 aromatic heterocycles. The van der Waals surface area contributed by atoms with Crippen LogP contribution in [0.1, 0.15) is 24.8 Å². The van der Waals surface area contributed by atoms with Gasteiger partial charge in [0.1, 0.15) is 5.75 Å². The molecular weight excluding hydrogens is 266 g/mol. The summed E-state index contributed by atoms with van der Waals surface area (Å²) in [6.45, 7) is 0.377. The predicted octanol–water partition coefficient (Wildman–Crippen LogP) is 2.13. The average Bonchev–Trinajstić information content (AvgIpc) is 2.83. The van der Waals surface area contributed by atoms with Crippen LogP contribution >= 0.6 is 11.6 Å². The normalized spacial score (nSPS) is 22.3. The number of carbonyl (C=O) groups excluding carboxylic acids is 1. The van der Waals surface area contributed by atoms with Crippen LogP contribution < -0.4 is 10.1 Å². The topological polar surface area (TPSA) is 58.6 Å². The molecule has 1 amide bonds. The number of rotatable bonds is 4. The highest BCUT2D eigenvalue weighted by atomic mass is 35.5. The summed E-state index contributed by atoms with van der Waals surface area (Å²) >= 11 is 5.88. The van der Waals surface area contributed by atoms with Gasteiger partial charge in [0, 0.05) is 17.1 Å². The third-order valence-electron chi connectivity index (χ3n) is 3.52. The van der Waals surface area contributed by atoms with Crippen LogP contribution in [0.2, 0.25) is 5.02 Å². The van der Waals surface area contributed by atoms with Crippen molar-refractivity contribution < 1.29 is 14.6 Å². The van der Waals surface area contributed by atoms with Gasteiger partial charge in [-0.05, 0) is 31.4 Å². The van der Waals surface area contributed by atoms with E-state index in [1.54, 1.807) is 19.2 Å². The van der Waals surface area contributed by atoms with E-state index >= 15 is 0 Å². The molecule has 1 aliphatic carbocycles. The molecule has 1 aromatic carbocycles. The lowest BCUT2D eigenvalue weighted by atomic mass is 10.1. The Hall–Kier alpha value is -1.26. The van der Waals surface area contributed by atoms with Gasteiger partial charge in [-0.2, -0.15) is 0 Å². The molecule has 1 aromatic rings. The summed E-state index contributed by atoms with van der Waals surface area (Å²) in [7, 11) is 1.57. The molecule has 1 aliphatic rings. The van der Waals surface area contributed by atoms with Crippen LogP contribution in [-0.4, -0.2) is 24.2 Å². The first kappa shape index (κ1) is 14.2. The number of hydrogen-bond donors (Lipinski definition) is 2. The zero-order valence-corrected chi connectivity index (χ0v) is 11.6. The summed E-state index contributed by atoms with van der Waals surface area (Å²) in [5, 5.41) is 13.1. The van der Waals surface area contributed by atoms with E-state index in [0.717, 1.165) is 18.4 Å². The molecule has 2 atom stereocenters. The summed E-state index contributed by atoms with van der Waals surface area (Å²) in [4.78, 5) is 12.0. The van der Waals surface area contributed by atoms with Gasteiger partial charge in [-0.25, -0.2) is 0 Å². The Morgan fingerprint density at radius 1 is 1.53 bits per heavy atom. The van der Waals surface area contributed by atoms with E-state index in [4.69, 9.17) is 16.3 Å². The molecule has 0 saturated heterocycles. The molecule has 0 spiro atoms. The SMILES string of the molecule is COc1cc(Cl)ccc1CNC(=O)C1CCCC1O. The Balaban J connectivity index is 1.97. The lowest BCUT2D eigenvalue weighted by Crippen LogP contribution is -2.34. The number of hydrogen-bond acceptors (Lipinski definition) is 3. The highest BCUT2D eigenvalue weighted by Crippen LogP contribution is 2.26. The summed E-state index contributed by atoms with van der Waals surface area (Å²) in [5.74, 6) is 0.278. The van der Waals surface area contributed by atoms with Gasteiger partial charge < -0.3 is 15.2 Å². The molecule has 0 radical (unpaired) electrons. The van der Waals surface area contributed by atoms with Crippen LogP contribution in [0.3, 0.4) is 0 Å². The molecule has 104 valence electrons. The molecule has 0 aliphatic heterocycles. The second kappa shape index (κ2) is 6.26. The first-order chi connectivity index (χ1) is 9.11. The molecule has 5 heteroatoms. The number of nitrogens with one attached hydrogen (secondary N) is 1. The lowest BCUT2D eigenvalue weighted by Gasteiger charge is -2.15. The van der Waals surface area contributed by atoms with Crippen molar-refractivity contribution in [3.8, 4) is 5.75 Å². The van der Waals surface area contributed by atoms with Crippen molar-refractivity contribution >= 4 is 17.5 Å². The van der Waals surface area contributed by atoms with E-state index in [-0.39, 0.29) is 11.8 Å². The van der Waals surface area contributed by atoms with Crippen molar-refractivity contribution in [2.45, 2.75) is 31.9 Å². The standard InChI is InChI=1S/C14H18ClNO3/c1-19-13-7-10(15)6-5-9(13)8-16-14(18)11-3-2-4-12(11)17/h5-7,11-12,17H,2-4,8H2,1H3,(H,16,18). The van der Waals surface area contributed by atoms with Crippen molar-refractivity contribution in [1.82, 2.24) is 5.32 Å². The van der Waals surface area contributed by atoms with Crippen LogP contribution in [0.15, 0.2) is 18.2 Å². The molecule has 1 saturated carbocycles. The molecule has 19 heavy (non-hydrogen) atoms. The van der Waals surface area contributed by atoms with E-state index in [1.807, 2.05) is 6.07 Å². The molecule has 2 N–H and O–H groups in total. The van der Waals surface area contributed by atoms with Gasteiger partial charge in [0.25, 0.3) is 0 Å². The number of carbonyl (C=O) groups is 1. The van der Waals surface area contributed by atoms with Gasteiger partial charge in [0.15, 0.2) is 0 Å². The summed E-state index contributed by atoms with van der Waals surface area (Å²) in [5.41, 5.74) is 0.868. The minimum Gasteiger partial charge on any atom is -0.496 e. The monoisotopic (exact) mass is 283 g/mol. The van der Waals surface area contributed by atoms with Gasteiger partial charge in [-0.3, -0.25) is 4.79 Å². The average molecular weight is 284 g/mol. The van der Waals surface area contributed by atoms with Crippen molar-refractivity contribution in [2.75, 3.05) is 7.11 Å². The fourth-order valence-electron chi connectivity index (χ4n) is 2.42. The quantitative estimate of drug-likeness (QED) is 0.890. The molecule has 0 bridgehead atoms. The Morgan fingerprint density at radius 2 is 2.32 bits per heavy atom. The summed E-state index contributed by atoms with van der Waals surface area (Å²) < 4.78 is 5.22. The third-order valence-corrected chi connectivity index (χ3v) is 3.75. The smallest absolute Gasteiger partial charge is 0.225 e. The van der Waals surface area contributed by atoms with Crippen LogP contribution in [0.25, 0.3) is 0 Å². The summed E-state index contributed by atoms with van der Waals surface area (Å²) in [6, 6.07) is 5.30. The number of aliphatic hydroxyl groups excluding tert-OH is 1. The van der Waals surface area contributed by atoms with Crippen molar-refractivity contribution in [2.24, 2.45) is 5.92 Å². The highest BCUT2D eigenvalue weighted by Gasteiger charge is 2.31. The number of aliphatic hydroxyl groups is 1. The minimum absolute atomic E-state index is 0.0954. The number of ether oxygens (including phenoxy) is 1. The van der Waals surface area contributed by atoms with Gasteiger partial charge in [0.2, 0.25) is 5.91 Å². The van der Waals surface area contributed by atoms with Gasteiger partial charge in [-0.1, -0.05) is 17.7 Å². The maximum Gasteiger partial charge on any atom is 0.225 e. The Morgan fingerprint density at radius 3 is 2.95 bits per heavy atom. The first-order valence-corrected chi connectivity index (χ1v) is 6.78. The molecule has 0 heterocycles. The zero-order chi connectivity index (χ0) is 13.8. The highest BCUT2D eigenvalue weighted by molar-refractivity contribution is 6.30. The van der Waals surface area contributed by atoms with Gasteiger partial charge in [0.05, 0.1) is 19.1 Å². The maximum atomic E-state index is 12.0. The molecule has 2 unspecified atom stereocenters. The Labute approximate surface area is 117 Å². The molecular formula is C14H18ClNO3. The minimum atomic E-state index is -0.507. The van der Waals surface area contributed by atoms with Crippen LogP contribution in [0.4, 0.5) is 0 Å². The molecule has 1 fully saturated rings. The largest absolute Gasteiger partial charge is 0.496 e. The second-order valence-corrected chi connectivity index (χ2v) is 5.22. The third kappa shape index (κ3) is 3.39. The zero-order valence-electron chi connectivity index (χ0n) is 10.9. The fraction of sp³-hybridized carbons (Fsp3) is 0.500. The van der Waals surface area contributed by atoms with E-state index in [1.165, 1.54) is 0 Å². The van der Waals surface area contributed by atoms with E-state index in [9.17, 15) is 9.90 Å².